The van der Waals surface area contributed by atoms with Crippen molar-refractivity contribution in [3.8, 4) is 11.8 Å². The fourth-order valence-corrected chi connectivity index (χ4v) is 2.12. The zero-order valence-corrected chi connectivity index (χ0v) is 13.5. The second kappa shape index (κ2) is 7.32. The van der Waals surface area contributed by atoms with E-state index in [9.17, 15) is 9.18 Å². The topological polar surface area (TPSA) is 62.1 Å². The number of hydrogen-bond acceptors (Lipinski definition) is 3. The number of hydrogen-bond donors (Lipinski definition) is 1. The Morgan fingerprint density at radius 3 is 2.65 bits per heavy atom. The van der Waals surface area contributed by atoms with Crippen LogP contribution in [0.4, 0.5) is 10.1 Å². The first kappa shape index (κ1) is 17.1. The summed E-state index contributed by atoms with van der Waals surface area (Å²) in [5, 5.41) is 11.6. The number of amides is 1. The van der Waals surface area contributed by atoms with Gasteiger partial charge in [-0.1, -0.05) is 23.2 Å². The van der Waals surface area contributed by atoms with E-state index >= 15 is 0 Å². The Labute approximate surface area is 142 Å². The molecule has 0 bridgehead atoms. The molecule has 0 aromatic heterocycles. The molecule has 23 heavy (non-hydrogen) atoms. The lowest BCUT2D eigenvalue weighted by Gasteiger charge is -2.16. The third-order valence-electron chi connectivity index (χ3n) is 2.92. The van der Waals surface area contributed by atoms with Crippen LogP contribution in [0.2, 0.25) is 10.0 Å². The van der Waals surface area contributed by atoms with Crippen molar-refractivity contribution in [1.82, 2.24) is 0 Å². The van der Waals surface area contributed by atoms with Crippen LogP contribution < -0.4 is 10.1 Å². The second-order valence-corrected chi connectivity index (χ2v) is 5.47. The molecule has 0 radical (unpaired) electrons. The molecule has 0 saturated heterocycles. The molecular formula is C16H11Cl2FN2O2. The monoisotopic (exact) mass is 352 g/mol. The average Bonchev–Trinajstić information content (AvgIpc) is 2.51. The van der Waals surface area contributed by atoms with Gasteiger partial charge in [0.15, 0.2) is 6.10 Å². The molecule has 0 fully saturated rings. The Bertz CT molecular complexity index is 790. The minimum atomic E-state index is -0.921. The number of nitrogens with one attached hydrogen (secondary N) is 1. The number of rotatable bonds is 4. The summed E-state index contributed by atoms with van der Waals surface area (Å²) in [5.41, 5.74) is 0.378. The Balaban J connectivity index is 2.07. The SMILES string of the molecule is C[C@@H](Oc1ccc(C#N)cc1Cl)C(=O)Nc1ccc(Cl)cc1F. The van der Waals surface area contributed by atoms with Gasteiger partial charge in [-0.15, -0.1) is 0 Å². The van der Waals surface area contributed by atoms with Crippen LogP contribution in [0.1, 0.15) is 12.5 Å². The van der Waals surface area contributed by atoms with Crippen LogP contribution in [-0.2, 0) is 4.79 Å². The molecule has 7 heteroatoms. The van der Waals surface area contributed by atoms with Crippen molar-refractivity contribution < 1.29 is 13.9 Å². The van der Waals surface area contributed by atoms with Gasteiger partial charge in [0.05, 0.1) is 22.3 Å². The third-order valence-corrected chi connectivity index (χ3v) is 3.45. The quantitative estimate of drug-likeness (QED) is 0.886. The summed E-state index contributed by atoms with van der Waals surface area (Å²) in [5.74, 6) is -0.939. The van der Waals surface area contributed by atoms with Gasteiger partial charge in [-0.25, -0.2) is 4.39 Å². The first-order valence-electron chi connectivity index (χ1n) is 6.53. The molecule has 118 valence electrons. The van der Waals surface area contributed by atoms with Gasteiger partial charge in [-0.2, -0.15) is 5.26 Å². The number of ether oxygens (including phenoxy) is 1. The van der Waals surface area contributed by atoms with E-state index in [0.717, 1.165) is 6.07 Å². The predicted molar refractivity (Wildman–Crippen MR) is 86.3 cm³/mol. The smallest absolute Gasteiger partial charge is 0.265 e. The fraction of sp³-hybridized carbons (Fsp3) is 0.125. The summed E-state index contributed by atoms with van der Waals surface area (Å²) in [6.07, 6.45) is -0.921. The van der Waals surface area contributed by atoms with Crippen LogP contribution in [0, 0.1) is 17.1 Å². The number of benzene rings is 2. The normalized spacial score (nSPS) is 11.4. The number of nitrogens with zero attached hydrogens (tertiary/aromatic N) is 1. The molecule has 0 heterocycles. The highest BCUT2D eigenvalue weighted by Crippen LogP contribution is 2.26. The third kappa shape index (κ3) is 4.35. The molecule has 1 N–H and O–H groups in total. The largest absolute Gasteiger partial charge is 0.479 e. The summed E-state index contributed by atoms with van der Waals surface area (Å²) < 4.78 is 19.1. The lowest BCUT2D eigenvalue weighted by molar-refractivity contribution is -0.122. The van der Waals surface area contributed by atoms with Crippen LogP contribution >= 0.6 is 23.2 Å². The van der Waals surface area contributed by atoms with Crippen molar-refractivity contribution in [3.05, 3.63) is 57.8 Å². The summed E-state index contributed by atoms with van der Waals surface area (Å²) in [6.45, 7) is 1.50. The van der Waals surface area contributed by atoms with Crippen molar-refractivity contribution in [3.63, 3.8) is 0 Å². The Morgan fingerprint density at radius 1 is 1.30 bits per heavy atom. The zero-order valence-electron chi connectivity index (χ0n) is 11.9. The highest BCUT2D eigenvalue weighted by atomic mass is 35.5. The summed E-state index contributed by atoms with van der Waals surface area (Å²) in [6, 6.07) is 10.3. The molecule has 2 rings (SSSR count). The number of halogens is 3. The van der Waals surface area contributed by atoms with Gasteiger partial charge in [-0.05, 0) is 43.3 Å². The maximum absolute atomic E-state index is 13.7. The van der Waals surface area contributed by atoms with Crippen LogP contribution in [-0.4, -0.2) is 12.0 Å². The van der Waals surface area contributed by atoms with Crippen molar-refractivity contribution in [1.29, 1.82) is 5.26 Å². The van der Waals surface area contributed by atoms with Gasteiger partial charge < -0.3 is 10.1 Å². The van der Waals surface area contributed by atoms with E-state index in [1.807, 2.05) is 6.07 Å². The van der Waals surface area contributed by atoms with E-state index in [1.54, 1.807) is 0 Å². The second-order valence-electron chi connectivity index (χ2n) is 4.63. The number of anilines is 1. The van der Waals surface area contributed by atoms with Crippen LogP contribution in [0.25, 0.3) is 0 Å². The summed E-state index contributed by atoms with van der Waals surface area (Å²) in [7, 11) is 0. The first-order chi connectivity index (χ1) is 10.9. The zero-order chi connectivity index (χ0) is 17.0. The molecule has 1 atom stereocenters. The fourth-order valence-electron chi connectivity index (χ4n) is 1.74. The van der Waals surface area contributed by atoms with Gasteiger partial charge >= 0.3 is 0 Å². The van der Waals surface area contributed by atoms with Crippen LogP contribution in [0.5, 0.6) is 5.75 Å². The molecule has 0 unspecified atom stereocenters. The van der Waals surface area contributed by atoms with Gasteiger partial charge in [-0.3, -0.25) is 4.79 Å². The van der Waals surface area contributed by atoms with Gasteiger partial charge in [0.1, 0.15) is 11.6 Å². The molecule has 0 spiro atoms. The number of carbonyl (C=O) groups is 1. The van der Waals surface area contributed by atoms with E-state index in [4.69, 9.17) is 33.2 Å². The van der Waals surface area contributed by atoms with Gasteiger partial charge in [0.25, 0.3) is 5.91 Å². The molecule has 1 amide bonds. The van der Waals surface area contributed by atoms with Crippen molar-refractivity contribution in [2.45, 2.75) is 13.0 Å². The van der Waals surface area contributed by atoms with Crippen LogP contribution in [0.3, 0.4) is 0 Å². The van der Waals surface area contributed by atoms with E-state index in [-0.39, 0.29) is 21.5 Å². The van der Waals surface area contributed by atoms with Crippen molar-refractivity contribution in [2.75, 3.05) is 5.32 Å². The van der Waals surface area contributed by atoms with E-state index < -0.39 is 17.8 Å². The first-order valence-corrected chi connectivity index (χ1v) is 7.28. The minimum Gasteiger partial charge on any atom is -0.479 e. The maximum atomic E-state index is 13.7. The van der Waals surface area contributed by atoms with Crippen molar-refractivity contribution >= 4 is 34.8 Å². The van der Waals surface area contributed by atoms with Crippen molar-refractivity contribution in [2.24, 2.45) is 0 Å². The molecule has 2 aromatic rings. The highest BCUT2D eigenvalue weighted by molar-refractivity contribution is 6.32. The molecule has 0 aliphatic carbocycles. The molecule has 0 saturated carbocycles. The average molecular weight is 353 g/mol. The Hall–Kier alpha value is -2.29. The number of nitriles is 1. The maximum Gasteiger partial charge on any atom is 0.265 e. The van der Waals surface area contributed by atoms with Crippen LogP contribution in [0.15, 0.2) is 36.4 Å². The Kier molecular flexibility index (Phi) is 5.43. The number of carbonyl (C=O) groups excluding carboxylic acids is 1. The van der Waals surface area contributed by atoms with E-state index in [0.29, 0.717) is 5.56 Å². The summed E-state index contributed by atoms with van der Waals surface area (Å²) >= 11 is 11.6. The van der Waals surface area contributed by atoms with Gasteiger partial charge in [0, 0.05) is 5.02 Å². The molecule has 4 nitrogen and oxygen atoms in total. The lowest BCUT2D eigenvalue weighted by atomic mass is 10.2. The van der Waals surface area contributed by atoms with Gasteiger partial charge in [0.2, 0.25) is 0 Å². The van der Waals surface area contributed by atoms with E-state index in [1.165, 1.54) is 37.3 Å². The molecule has 0 aliphatic heterocycles. The highest BCUT2D eigenvalue weighted by Gasteiger charge is 2.18. The summed E-state index contributed by atoms with van der Waals surface area (Å²) in [4.78, 5) is 12.1. The van der Waals surface area contributed by atoms with E-state index in [2.05, 4.69) is 5.32 Å². The molecule has 0 aliphatic rings. The molecule has 2 aromatic carbocycles. The molecular weight excluding hydrogens is 342 g/mol. The standard InChI is InChI=1S/C16H11Cl2FN2O2/c1-9(23-15-5-2-10(8-20)6-12(15)18)16(22)21-14-4-3-11(17)7-13(14)19/h2-7,9H,1H3,(H,21,22)/t9-/m1/s1. The lowest BCUT2D eigenvalue weighted by Crippen LogP contribution is -2.30. The predicted octanol–water partition coefficient (Wildman–Crippen LogP) is 4.41. The Morgan fingerprint density at radius 2 is 2.04 bits per heavy atom. The minimum absolute atomic E-state index is 0.000718.